The number of aliphatic carboxylic acids is 1. The first kappa shape index (κ1) is 15.0. The molecule has 1 unspecified atom stereocenters. The van der Waals surface area contributed by atoms with Gasteiger partial charge in [-0.15, -0.1) is 0 Å². The molecule has 0 aliphatic carbocycles. The Morgan fingerprint density at radius 1 is 1.50 bits per heavy atom. The van der Waals surface area contributed by atoms with Gasteiger partial charge in [0, 0.05) is 17.6 Å². The van der Waals surface area contributed by atoms with Gasteiger partial charge in [-0.25, -0.2) is 4.39 Å². The average Bonchev–Trinajstić information content (AvgIpc) is 2.38. The molecule has 1 aliphatic heterocycles. The fourth-order valence-electron chi connectivity index (χ4n) is 2.45. The number of carbonyl (C=O) groups is 2. The van der Waals surface area contributed by atoms with Crippen LogP contribution in [0.5, 0.6) is 0 Å². The van der Waals surface area contributed by atoms with Crippen LogP contribution in [-0.4, -0.2) is 28.4 Å². The van der Waals surface area contributed by atoms with E-state index in [-0.39, 0.29) is 18.1 Å². The van der Waals surface area contributed by atoms with Crippen molar-refractivity contribution in [2.75, 3.05) is 6.54 Å². The molecule has 0 saturated carbocycles. The predicted octanol–water partition coefficient (Wildman–Crippen LogP) is 2.58. The number of amides is 1. The van der Waals surface area contributed by atoms with Crippen LogP contribution in [0.2, 0.25) is 0 Å². The Balaban J connectivity index is 2.23. The van der Waals surface area contributed by atoms with Gasteiger partial charge >= 0.3 is 5.97 Å². The van der Waals surface area contributed by atoms with E-state index in [2.05, 4.69) is 15.9 Å². The van der Waals surface area contributed by atoms with E-state index in [1.54, 1.807) is 6.92 Å². The molecule has 1 aromatic rings. The monoisotopic (exact) mass is 343 g/mol. The quantitative estimate of drug-likeness (QED) is 0.858. The van der Waals surface area contributed by atoms with Crippen LogP contribution in [0, 0.1) is 11.7 Å². The number of carboxylic acid groups (broad SMARTS) is 1. The van der Waals surface area contributed by atoms with Crippen molar-refractivity contribution in [1.82, 2.24) is 4.90 Å². The molecule has 0 radical (unpaired) electrons. The molecule has 20 heavy (non-hydrogen) atoms. The fraction of sp³-hybridized carbons (Fsp3) is 0.429. The van der Waals surface area contributed by atoms with Crippen molar-refractivity contribution in [2.45, 2.75) is 26.3 Å². The lowest BCUT2D eigenvalue weighted by atomic mass is 9.97. The highest BCUT2D eigenvalue weighted by Crippen LogP contribution is 2.28. The normalized spacial score (nSPS) is 15.7. The van der Waals surface area contributed by atoms with Crippen LogP contribution in [0.3, 0.4) is 0 Å². The highest BCUT2D eigenvalue weighted by atomic mass is 79.9. The fourth-order valence-corrected chi connectivity index (χ4v) is 3.04. The summed E-state index contributed by atoms with van der Waals surface area (Å²) in [5, 5.41) is 9.05. The number of carbonyl (C=O) groups excluding carboxylic acids is 1. The van der Waals surface area contributed by atoms with Crippen molar-refractivity contribution in [2.24, 2.45) is 5.92 Å². The number of benzene rings is 1. The number of hydrogen-bond acceptors (Lipinski definition) is 2. The summed E-state index contributed by atoms with van der Waals surface area (Å²) >= 11 is 3.30. The number of fused-ring (bicyclic) bond motifs is 1. The number of rotatable bonds is 3. The first-order chi connectivity index (χ1) is 9.43. The zero-order valence-electron chi connectivity index (χ0n) is 11.0. The molecule has 0 bridgehead atoms. The van der Waals surface area contributed by atoms with Crippen LogP contribution in [0.4, 0.5) is 4.39 Å². The van der Waals surface area contributed by atoms with Crippen LogP contribution >= 0.6 is 15.9 Å². The molecule has 2 rings (SSSR count). The SMILES string of the molecule is CCC(C(=O)O)C(=O)N1CCc2cc(F)cc(Br)c2C1. The van der Waals surface area contributed by atoms with Crippen LogP contribution < -0.4 is 0 Å². The predicted molar refractivity (Wildman–Crippen MR) is 74.6 cm³/mol. The van der Waals surface area contributed by atoms with Crippen molar-refractivity contribution in [1.29, 1.82) is 0 Å². The maximum atomic E-state index is 13.3. The molecule has 6 heteroatoms. The van der Waals surface area contributed by atoms with Crippen molar-refractivity contribution in [3.8, 4) is 0 Å². The third-order valence-electron chi connectivity index (χ3n) is 3.57. The third kappa shape index (κ3) is 2.85. The standard InChI is InChI=1S/C14H15BrFNO3/c1-2-10(14(19)20)13(18)17-4-3-8-5-9(16)6-12(15)11(8)7-17/h5-6,10H,2-4,7H2,1H3,(H,19,20). The van der Waals surface area contributed by atoms with Gasteiger partial charge in [-0.2, -0.15) is 0 Å². The number of carboxylic acids is 1. The van der Waals surface area contributed by atoms with Gasteiger partial charge in [0.05, 0.1) is 0 Å². The van der Waals surface area contributed by atoms with Crippen molar-refractivity contribution in [3.05, 3.63) is 33.5 Å². The van der Waals surface area contributed by atoms with E-state index >= 15 is 0 Å². The van der Waals surface area contributed by atoms with E-state index in [1.165, 1.54) is 17.0 Å². The molecule has 1 N–H and O–H groups in total. The Morgan fingerprint density at radius 3 is 2.80 bits per heavy atom. The summed E-state index contributed by atoms with van der Waals surface area (Å²) in [7, 11) is 0. The smallest absolute Gasteiger partial charge is 0.316 e. The number of nitrogens with zero attached hydrogens (tertiary/aromatic N) is 1. The summed E-state index contributed by atoms with van der Waals surface area (Å²) in [6.45, 7) is 2.42. The molecular formula is C14H15BrFNO3. The van der Waals surface area contributed by atoms with Crippen molar-refractivity contribution in [3.63, 3.8) is 0 Å². The highest BCUT2D eigenvalue weighted by molar-refractivity contribution is 9.10. The van der Waals surface area contributed by atoms with Gasteiger partial charge < -0.3 is 10.0 Å². The molecule has 1 aliphatic rings. The zero-order valence-corrected chi connectivity index (χ0v) is 12.6. The molecule has 1 heterocycles. The zero-order chi connectivity index (χ0) is 14.9. The van der Waals surface area contributed by atoms with Gasteiger partial charge in [0.1, 0.15) is 11.7 Å². The Labute approximate surface area is 124 Å². The largest absolute Gasteiger partial charge is 0.481 e. The molecule has 0 fully saturated rings. The lowest BCUT2D eigenvalue weighted by Gasteiger charge is -2.31. The van der Waals surface area contributed by atoms with E-state index in [0.29, 0.717) is 24.0 Å². The Kier molecular flexibility index (Phi) is 4.42. The van der Waals surface area contributed by atoms with Crippen LogP contribution in [0.1, 0.15) is 24.5 Å². The molecular weight excluding hydrogens is 329 g/mol. The first-order valence-corrected chi connectivity index (χ1v) is 7.21. The average molecular weight is 344 g/mol. The maximum Gasteiger partial charge on any atom is 0.316 e. The molecule has 0 spiro atoms. The maximum absolute atomic E-state index is 13.3. The minimum atomic E-state index is -1.10. The third-order valence-corrected chi connectivity index (χ3v) is 4.28. The lowest BCUT2D eigenvalue weighted by Crippen LogP contribution is -2.42. The van der Waals surface area contributed by atoms with Gasteiger partial charge in [-0.05, 0) is 36.1 Å². The van der Waals surface area contributed by atoms with Crippen LogP contribution in [0.25, 0.3) is 0 Å². The van der Waals surface area contributed by atoms with E-state index in [4.69, 9.17) is 5.11 Å². The van der Waals surface area contributed by atoms with Gasteiger partial charge in [0.2, 0.25) is 5.91 Å². The molecule has 1 atom stereocenters. The Bertz CT molecular complexity index is 562. The second-order valence-corrected chi connectivity index (χ2v) is 5.69. The van der Waals surface area contributed by atoms with Crippen molar-refractivity contribution < 1.29 is 19.1 Å². The summed E-state index contributed by atoms with van der Waals surface area (Å²) in [5.74, 6) is -2.79. The molecule has 108 valence electrons. The lowest BCUT2D eigenvalue weighted by molar-refractivity contribution is -0.151. The van der Waals surface area contributed by atoms with Crippen molar-refractivity contribution >= 4 is 27.8 Å². The minimum absolute atomic E-state index is 0.266. The highest BCUT2D eigenvalue weighted by Gasteiger charge is 2.31. The van der Waals surface area contributed by atoms with Gasteiger partial charge in [-0.1, -0.05) is 22.9 Å². The Hall–Kier alpha value is -1.43. The van der Waals surface area contributed by atoms with Gasteiger partial charge in [-0.3, -0.25) is 9.59 Å². The summed E-state index contributed by atoms with van der Waals surface area (Å²) in [5.41, 5.74) is 1.72. The Morgan fingerprint density at radius 2 is 2.20 bits per heavy atom. The molecule has 4 nitrogen and oxygen atoms in total. The van der Waals surface area contributed by atoms with E-state index < -0.39 is 11.9 Å². The summed E-state index contributed by atoms with van der Waals surface area (Å²) < 4.78 is 13.9. The first-order valence-electron chi connectivity index (χ1n) is 6.42. The summed E-state index contributed by atoms with van der Waals surface area (Å²) in [4.78, 5) is 24.8. The van der Waals surface area contributed by atoms with Crippen LogP contribution in [0.15, 0.2) is 16.6 Å². The molecule has 1 amide bonds. The van der Waals surface area contributed by atoms with E-state index in [9.17, 15) is 14.0 Å². The van der Waals surface area contributed by atoms with Gasteiger partial charge in [0.25, 0.3) is 0 Å². The number of hydrogen-bond donors (Lipinski definition) is 1. The molecule has 0 saturated heterocycles. The molecule has 1 aromatic carbocycles. The summed E-state index contributed by atoms with van der Waals surface area (Å²) in [6, 6.07) is 2.83. The topological polar surface area (TPSA) is 57.6 Å². The van der Waals surface area contributed by atoms with E-state index in [1.807, 2.05) is 0 Å². The summed E-state index contributed by atoms with van der Waals surface area (Å²) in [6.07, 6.45) is 0.801. The van der Waals surface area contributed by atoms with Gasteiger partial charge in [0.15, 0.2) is 0 Å². The second-order valence-electron chi connectivity index (χ2n) is 4.83. The minimum Gasteiger partial charge on any atom is -0.481 e. The van der Waals surface area contributed by atoms with E-state index in [0.717, 1.165) is 11.1 Å². The number of halogens is 2. The second kappa shape index (κ2) is 5.91. The van der Waals surface area contributed by atoms with Crippen LogP contribution in [-0.2, 0) is 22.6 Å². The molecule has 0 aromatic heterocycles.